The van der Waals surface area contributed by atoms with E-state index in [0.717, 1.165) is 12.4 Å². The minimum absolute atomic E-state index is 0.642. The summed E-state index contributed by atoms with van der Waals surface area (Å²) in [5.41, 5.74) is 5.17. The van der Waals surface area contributed by atoms with E-state index < -0.39 is 0 Å². The third-order valence-corrected chi connectivity index (χ3v) is 12.3. The van der Waals surface area contributed by atoms with E-state index in [1.165, 1.54) is 171 Å². The molecule has 0 spiro atoms. The van der Waals surface area contributed by atoms with Crippen molar-refractivity contribution in [1.82, 2.24) is 0 Å². The van der Waals surface area contributed by atoms with Crippen LogP contribution in [0.15, 0.2) is 77.5 Å². The van der Waals surface area contributed by atoms with Crippen LogP contribution < -0.4 is 4.74 Å². The van der Waals surface area contributed by atoms with Crippen molar-refractivity contribution in [2.24, 2.45) is 5.92 Å². The lowest BCUT2D eigenvalue weighted by atomic mass is 9.94. The molecule has 0 aliphatic carbocycles. The monoisotopic (exact) mass is 694 g/mol. The highest BCUT2D eigenvalue weighted by molar-refractivity contribution is 7.20. The van der Waals surface area contributed by atoms with Gasteiger partial charge in [0.1, 0.15) is 5.75 Å². The van der Waals surface area contributed by atoms with E-state index >= 15 is 0 Å². The Morgan fingerprint density at radius 2 is 0.939 bits per heavy atom. The fourth-order valence-electron chi connectivity index (χ4n) is 7.50. The first-order chi connectivity index (χ1) is 24.3. The lowest BCUT2D eigenvalue weighted by molar-refractivity contribution is 0.228. The standard InChI is InChI=1S/C46H62OS2/c1-3-5-7-9-11-13-14-16-18-21-25-37(24-20-17-15-12-10-8-6-4-2)36-47-44-42-33-35-48-45(42)43(41-32-34-49-46(41)44)40-30-28-39(29-31-40)38-26-22-19-23-27-38/h19,22-23,26-35,37H,3-18,20-21,24-25,36H2,1-2H3. The van der Waals surface area contributed by atoms with Crippen LogP contribution in [-0.4, -0.2) is 6.61 Å². The van der Waals surface area contributed by atoms with Gasteiger partial charge in [-0.25, -0.2) is 0 Å². The van der Waals surface area contributed by atoms with E-state index in [-0.39, 0.29) is 0 Å². The van der Waals surface area contributed by atoms with Crippen LogP contribution in [-0.2, 0) is 0 Å². The van der Waals surface area contributed by atoms with Gasteiger partial charge in [0.05, 0.1) is 11.3 Å². The molecule has 0 N–H and O–H groups in total. The topological polar surface area (TPSA) is 9.23 Å². The molecule has 264 valence electrons. The Labute approximate surface area is 306 Å². The molecule has 3 aromatic carbocycles. The van der Waals surface area contributed by atoms with E-state index in [2.05, 4.69) is 91.3 Å². The molecule has 1 atom stereocenters. The van der Waals surface area contributed by atoms with Crippen molar-refractivity contribution in [3.05, 3.63) is 77.5 Å². The number of hydrogen-bond donors (Lipinski definition) is 0. The zero-order chi connectivity index (χ0) is 33.9. The van der Waals surface area contributed by atoms with Crippen molar-refractivity contribution in [2.75, 3.05) is 6.61 Å². The van der Waals surface area contributed by atoms with E-state index in [1.807, 2.05) is 22.7 Å². The molecular formula is C46H62OS2. The van der Waals surface area contributed by atoms with Gasteiger partial charge in [-0.1, -0.05) is 184 Å². The van der Waals surface area contributed by atoms with Gasteiger partial charge in [0, 0.05) is 21.0 Å². The molecule has 2 aromatic heterocycles. The molecule has 0 amide bonds. The second-order valence-electron chi connectivity index (χ2n) is 14.4. The summed E-state index contributed by atoms with van der Waals surface area (Å²) >= 11 is 3.70. The smallest absolute Gasteiger partial charge is 0.145 e. The molecule has 5 rings (SSSR count). The number of benzene rings is 3. The van der Waals surface area contributed by atoms with Crippen molar-refractivity contribution >= 4 is 42.8 Å². The Hall–Kier alpha value is -2.62. The van der Waals surface area contributed by atoms with Crippen molar-refractivity contribution in [3.8, 4) is 28.0 Å². The quantitative estimate of drug-likeness (QED) is 0.0553. The van der Waals surface area contributed by atoms with Gasteiger partial charge >= 0.3 is 0 Å². The third kappa shape index (κ3) is 11.4. The molecule has 49 heavy (non-hydrogen) atoms. The molecule has 0 fully saturated rings. The minimum atomic E-state index is 0.642. The second-order valence-corrected chi connectivity index (χ2v) is 16.2. The first-order valence-electron chi connectivity index (χ1n) is 20.0. The summed E-state index contributed by atoms with van der Waals surface area (Å²) in [5.74, 6) is 1.76. The highest BCUT2D eigenvalue weighted by Gasteiger charge is 2.20. The number of ether oxygens (including phenoxy) is 1. The zero-order valence-electron chi connectivity index (χ0n) is 30.7. The third-order valence-electron chi connectivity index (χ3n) is 10.5. The molecule has 0 aliphatic heterocycles. The predicted octanol–water partition coefficient (Wildman–Crippen LogP) is 16.3. The highest BCUT2D eigenvalue weighted by Crippen LogP contribution is 2.48. The fraction of sp³-hybridized carbons (Fsp3) is 0.522. The molecular weight excluding hydrogens is 633 g/mol. The molecule has 1 unspecified atom stereocenters. The highest BCUT2D eigenvalue weighted by atomic mass is 32.1. The number of fused-ring (bicyclic) bond motifs is 2. The Morgan fingerprint density at radius 3 is 1.51 bits per heavy atom. The lowest BCUT2D eigenvalue weighted by Gasteiger charge is -2.20. The summed E-state index contributed by atoms with van der Waals surface area (Å²) < 4.78 is 9.61. The lowest BCUT2D eigenvalue weighted by Crippen LogP contribution is -2.13. The Bertz CT molecular complexity index is 1540. The van der Waals surface area contributed by atoms with Crippen LogP contribution in [0.2, 0.25) is 0 Å². The van der Waals surface area contributed by atoms with Gasteiger partial charge in [-0.05, 0) is 58.3 Å². The number of hydrogen-bond acceptors (Lipinski definition) is 3. The fourth-order valence-corrected chi connectivity index (χ4v) is 9.38. The number of thiophene rings is 2. The van der Waals surface area contributed by atoms with Gasteiger partial charge in [-0.15, -0.1) is 22.7 Å². The molecule has 0 radical (unpaired) electrons. The largest absolute Gasteiger partial charge is 0.491 e. The summed E-state index contributed by atoms with van der Waals surface area (Å²) in [4.78, 5) is 0. The first kappa shape index (κ1) is 37.6. The second kappa shape index (κ2) is 21.6. The molecule has 2 heterocycles. The average Bonchev–Trinajstić information content (AvgIpc) is 3.83. The van der Waals surface area contributed by atoms with Gasteiger partial charge in [0.15, 0.2) is 0 Å². The maximum Gasteiger partial charge on any atom is 0.145 e. The van der Waals surface area contributed by atoms with Gasteiger partial charge < -0.3 is 4.74 Å². The van der Waals surface area contributed by atoms with Crippen LogP contribution in [0.1, 0.15) is 142 Å². The molecule has 0 aliphatic rings. The maximum atomic E-state index is 6.96. The Balaban J connectivity index is 1.22. The maximum absolute atomic E-state index is 6.96. The average molecular weight is 695 g/mol. The van der Waals surface area contributed by atoms with Crippen molar-refractivity contribution in [2.45, 2.75) is 142 Å². The van der Waals surface area contributed by atoms with Crippen molar-refractivity contribution in [1.29, 1.82) is 0 Å². The van der Waals surface area contributed by atoms with Crippen LogP contribution in [0.25, 0.3) is 42.4 Å². The normalized spacial score (nSPS) is 12.3. The van der Waals surface area contributed by atoms with Gasteiger partial charge in [-0.2, -0.15) is 0 Å². The molecule has 3 heteroatoms. The van der Waals surface area contributed by atoms with Crippen molar-refractivity contribution < 1.29 is 4.74 Å². The van der Waals surface area contributed by atoms with E-state index in [4.69, 9.17) is 4.74 Å². The minimum Gasteiger partial charge on any atom is -0.491 e. The summed E-state index contributed by atoms with van der Waals surface area (Å²) in [6.07, 6.45) is 27.7. The van der Waals surface area contributed by atoms with Crippen LogP contribution in [0.4, 0.5) is 0 Å². The van der Waals surface area contributed by atoms with E-state index in [1.54, 1.807) is 0 Å². The van der Waals surface area contributed by atoms with Gasteiger partial charge in [0.2, 0.25) is 0 Å². The molecule has 0 saturated heterocycles. The number of unbranched alkanes of at least 4 members (excludes halogenated alkanes) is 16. The van der Waals surface area contributed by atoms with Crippen LogP contribution in [0.3, 0.4) is 0 Å². The predicted molar refractivity (Wildman–Crippen MR) is 221 cm³/mol. The Kier molecular flexibility index (Phi) is 16.6. The Morgan fingerprint density at radius 1 is 0.469 bits per heavy atom. The first-order valence-corrected chi connectivity index (χ1v) is 21.7. The number of rotatable bonds is 25. The summed E-state index contributed by atoms with van der Waals surface area (Å²) in [6.45, 7) is 5.46. The zero-order valence-corrected chi connectivity index (χ0v) is 32.3. The van der Waals surface area contributed by atoms with Gasteiger partial charge in [0.25, 0.3) is 0 Å². The van der Waals surface area contributed by atoms with Gasteiger partial charge in [-0.3, -0.25) is 0 Å². The van der Waals surface area contributed by atoms with Crippen LogP contribution in [0.5, 0.6) is 5.75 Å². The molecule has 5 aromatic rings. The SMILES string of the molecule is CCCCCCCCCCCCC(CCCCCCCCCC)COc1c2ccsc2c(-c2ccc(-c3ccccc3)cc2)c2ccsc12. The van der Waals surface area contributed by atoms with Crippen LogP contribution >= 0.6 is 22.7 Å². The molecule has 1 nitrogen and oxygen atoms in total. The molecule has 0 bridgehead atoms. The van der Waals surface area contributed by atoms with Crippen LogP contribution in [0, 0.1) is 5.92 Å². The molecule has 0 saturated carbocycles. The summed E-state index contributed by atoms with van der Waals surface area (Å²) in [7, 11) is 0. The van der Waals surface area contributed by atoms with E-state index in [0.29, 0.717) is 5.92 Å². The summed E-state index contributed by atoms with van der Waals surface area (Å²) in [6, 6.07) is 24.5. The summed E-state index contributed by atoms with van der Waals surface area (Å²) in [5, 5.41) is 7.12. The van der Waals surface area contributed by atoms with Crippen molar-refractivity contribution in [3.63, 3.8) is 0 Å². The van der Waals surface area contributed by atoms with E-state index in [9.17, 15) is 0 Å².